The van der Waals surface area contributed by atoms with Crippen LogP contribution in [0.15, 0.2) is 0 Å². The predicted octanol–water partition coefficient (Wildman–Crippen LogP) is -0.248. The molecule has 0 radical (unpaired) electrons. The van der Waals surface area contributed by atoms with Crippen LogP contribution < -0.4 is 0 Å². The fourth-order valence-corrected chi connectivity index (χ4v) is 1.72. The first-order chi connectivity index (χ1) is 4.79. The van der Waals surface area contributed by atoms with E-state index < -0.39 is 6.10 Å². The maximum atomic E-state index is 9.21. The van der Waals surface area contributed by atoms with E-state index in [0.29, 0.717) is 13.2 Å². The van der Waals surface area contributed by atoms with Crippen molar-refractivity contribution in [3.8, 4) is 0 Å². The number of alkyl halides is 1. The largest absolute Gasteiger partial charge is 0.388 e. The number of fused-ring (bicyclic) bond motifs is 1. The molecule has 0 aliphatic carbocycles. The molecule has 2 rings (SSSR count). The van der Waals surface area contributed by atoms with Gasteiger partial charge in [0.2, 0.25) is 0 Å². The average molecular weight is 165 g/mol. The van der Waals surface area contributed by atoms with Gasteiger partial charge in [0.05, 0.1) is 18.6 Å². The highest BCUT2D eigenvalue weighted by Gasteiger charge is 2.46. The number of hydrogen-bond donors (Lipinski definition) is 1. The van der Waals surface area contributed by atoms with Gasteiger partial charge in [-0.3, -0.25) is 0 Å². The standard InChI is InChI=1S/C6H9ClO3/c7-3-1-9-6-4(8)2-10-5(3)6/h3-6,8H,1-2H2/t3-,4+,5+,6+/m0/s1. The summed E-state index contributed by atoms with van der Waals surface area (Å²) in [4.78, 5) is 0. The van der Waals surface area contributed by atoms with Gasteiger partial charge < -0.3 is 14.6 Å². The molecule has 2 saturated heterocycles. The van der Waals surface area contributed by atoms with E-state index in [0.717, 1.165) is 0 Å². The van der Waals surface area contributed by atoms with Crippen molar-refractivity contribution in [1.82, 2.24) is 0 Å². The first-order valence-electron chi connectivity index (χ1n) is 3.34. The van der Waals surface area contributed by atoms with Crippen molar-refractivity contribution < 1.29 is 14.6 Å². The van der Waals surface area contributed by atoms with Crippen LogP contribution in [-0.4, -0.2) is 42.0 Å². The zero-order valence-electron chi connectivity index (χ0n) is 5.37. The third-order valence-electron chi connectivity index (χ3n) is 1.97. The Morgan fingerprint density at radius 3 is 2.60 bits per heavy atom. The lowest BCUT2D eigenvalue weighted by molar-refractivity contribution is 0.0187. The fourth-order valence-electron chi connectivity index (χ4n) is 1.43. The summed E-state index contributed by atoms with van der Waals surface area (Å²) in [7, 11) is 0. The first kappa shape index (κ1) is 6.85. The molecule has 0 aromatic carbocycles. The Balaban J connectivity index is 2.09. The highest BCUT2D eigenvalue weighted by atomic mass is 35.5. The Hall–Kier alpha value is 0.170. The summed E-state index contributed by atoms with van der Waals surface area (Å²) < 4.78 is 10.4. The highest BCUT2D eigenvalue weighted by molar-refractivity contribution is 6.21. The summed E-state index contributed by atoms with van der Waals surface area (Å²) in [5, 5.41) is 9.13. The molecule has 0 bridgehead atoms. The van der Waals surface area contributed by atoms with Gasteiger partial charge >= 0.3 is 0 Å². The number of ether oxygens (including phenoxy) is 2. The van der Waals surface area contributed by atoms with E-state index in [4.69, 9.17) is 21.1 Å². The van der Waals surface area contributed by atoms with E-state index in [1.807, 2.05) is 0 Å². The van der Waals surface area contributed by atoms with Gasteiger partial charge in [-0.1, -0.05) is 0 Å². The third kappa shape index (κ3) is 0.855. The van der Waals surface area contributed by atoms with Crippen molar-refractivity contribution in [3.63, 3.8) is 0 Å². The number of aliphatic hydroxyl groups excluding tert-OH is 1. The lowest BCUT2D eigenvalue weighted by Crippen LogP contribution is -2.29. The molecule has 0 aromatic heterocycles. The van der Waals surface area contributed by atoms with Crippen molar-refractivity contribution in [2.75, 3.05) is 13.2 Å². The minimum absolute atomic E-state index is 0.0813. The number of halogens is 1. The van der Waals surface area contributed by atoms with E-state index in [1.165, 1.54) is 0 Å². The Labute approximate surface area is 63.9 Å². The Morgan fingerprint density at radius 1 is 1.20 bits per heavy atom. The van der Waals surface area contributed by atoms with Crippen LogP contribution in [0.3, 0.4) is 0 Å². The monoisotopic (exact) mass is 164 g/mol. The summed E-state index contributed by atoms with van der Waals surface area (Å²) in [6.07, 6.45) is -0.743. The van der Waals surface area contributed by atoms with Crippen molar-refractivity contribution in [1.29, 1.82) is 0 Å². The molecule has 3 nitrogen and oxygen atoms in total. The highest BCUT2D eigenvalue weighted by Crippen LogP contribution is 2.29. The molecular formula is C6H9ClO3. The van der Waals surface area contributed by atoms with Gasteiger partial charge in [-0.2, -0.15) is 0 Å². The molecule has 2 fully saturated rings. The molecule has 0 aromatic rings. The summed E-state index contributed by atoms with van der Waals surface area (Å²) in [5.41, 5.74) is 0. The molecule has 1 N–H and O–H groups in total. The van der Waals surface area contributed by atoms with Gasteiger partial charge in [-0.05, 0) is 0 Å². The normalized spacial score (nSPS) is 53.4. The van der Waals surface area contributed by atoms with Crippen molar-refractivity contribution in [2.24, 2.45) is 0 Å². The summed E-state index contributed by atoms with van der Waals surface area (Å²) in [6.45, 7) is 0.854. The van der Waals surface area contributed by atoms with Crippen LogP contribution in [0, 0.1) is 0 Å². The molecular weight excluding hydrogens is 156 g/mol. The van der Waals surface area contributed by atoms with Crippen LogP contribution in [0.1, 0.15) is 0 Å². The smallest absolute Gasteiger partial charge is 0.113 e. The van der Waals surface area contributed by atoms with Crippen LogP contribution in [-0.2, 0) is 9.47 Å². The second-order valence-electron chi connectivity index (χ2n) is 2.68. The van der Waals surface area contributed by atoms with Gasteiger partial charge in [-0.25, -0.2) is 0 Å². The Bertz CT molecular complexity index is 125. The lowest BCUT2D eigenvalue weighted by Gasteiger charge is -2.09. The Kier molecular flexibility index (Phi) is 1.60. The zero-order valence-corrected chi connectivity index (χ0v) is 6.12. The fraction of sp³-hybridized carbons (Fsp3) is 1.00. The van der Waals surface area contributed by atoms with E-state index in [1.54, 1.807) is 0 Å². The molecule has 2 aliphatic heterocycles. The number of rotatable bonds is 0. The zero-order chi connectivity index (χ0) is 7.14. The minimum Gasteiger partial charge on any atom is -0.388 e. The molecule has 10 heavy (non-hydrogen) atoms. The van der Waals surface area contributed by atoms with Gasteiger partial charge in [-0.15, -0.1) is 11.6 Å². The molecule has 2 heterocycles. The topological polar surface area (TPSA) is 38.7 Å². The van der Waals surface area contributed by atoms with Crippen LogP contribution in [0.5, 0.6) is 0 Å². The molecule has 0 unspecified atom stereocenters. The van der Waals surface area contributed by atoms with Gasteiger partial charge in [0, 0.05) is 0 Å². The summed E-state index contributed by atoms with van der Waals surface area (Å²) >= 11 is 5.82. The second kappa shape index (κ2) is 2.34. The Morgan fingerprint density at radius 2 is 1.90 bits per heavy atom. The SMILES string of the molecule is O[C@@H]1CO[C@H]2[C@@H]1OC[C@@H]2Cl. The second-order valence-corrected chi connectivity index (χ2v) is 3.24. The van der Waals surface area contributed by atoms with Crippen molar-refractivity contribution in [2.45, 2.75) is 23.7 Å². The minimum atomic E-state index is -0.478. The third-order valence-corrected chi connectivity index (χ3v) is 2.34. The van der Waals surface area contributed by atoms with E-state index in [-0.39, 0.29) is 17.6 Å². The van der Waals surface area contributed by atoms with E-state index in [9.17, 15) is 5.11 Å². The predicted molar refractivity (Wildman–Crippen MR) is 35.1 cm³/mol. The van der Waals surface area contributed by atoms with E-state index >= 15 is 0 Å². The van der Waals surface area contributed by atoms with Gasteiger partial charge in [0.15, 0.2) is 0 Å². The lowest BCUT2D eigenvalue weighted by atomic mass is 10.1. The van der Waals surface area contributed by atoms with Crippen molar-refractivity contribution >= 4 is 11.6 Å². The molecule has 0 saturated carbocycles. The maximum absolute atomic E-state index is 9.21. The van der Waals surface area contributed by atoms with Gasteiger partial charge in [0.1, 0.15) is 18.3 Å². The van der Waals surface area contributed by atoms with Crippen LogP contribution in [0.4, 0.5) is 0 Å². The molecule has 2 aliphatic rings. The maximum Gasteiger partial charge on any atom is 0.113 e. The van der Waals surface area contributed by atoms with Gasteiger partial charge in [0.25, 0.3) is 0 Å². The molecule has 58 valence electrons. The number of aliphatic hydroxyl groups is 1. The number of hydrogen-bond acceptors (Lipinski definition) is 3. The molecule has 0 spiro atoms. The molecule has 4 heteroatoms. The van der Waals surface area contributed by atoms with Crippen LogP contribution >= 0.6 is 11.6 Å². The van der Waals surface area contributed by atoms with Crippen molar-refractivity contribution in [3.05, 3.63) is 0 Å². The van der Waals surface area contributed by atoms with E-state index in [2.05, 4.69) is 0 Å². The average Bonchev–Trinajstić information content (AvgIpc) is 2.41. The molecule has 0 amide bonds. The molecule has 4 atom stereocenters. The summed E-state index contributed by atoms with van der Waals surface area (Å²) in [6, 6.07) is 0. The van der Waals surface area contributed by atoms with Crippen LogP contribution in [0.2, 0.25) is 0 Å². The quantitative estimate of drug-likeness (QED) is 0.502. The summed E-state index contributed by atoms with van der Waals surface area (Å²) in [5.74, 6) is 0. The van der Waals surface area contributed by atoms with Crippen LogP contribution in [0.25, 0.3) is 0 Å². The first-order valence-corrected chi connectivity index (χ1v) is 3.78.